The lowest BCUT2D eigenvalue weighted by Gasteiger charge is -2.35. The Morgan fingerprint density at radius 1 is 1.27 bits per heavy atom. The zero-order chi connectivity index (χ0) is 15.5. The number of rotatable bonds is 4. The molecule has 1 aromatic heterocycles. The molecule has 0 radical (unpaired) electrons. The molecule has 1 atom stereocenters. The van der Waals surface area contributed by atoms with Crippen LogP contribution < -0.4 is 4.90 Å². The maximum atomic E-state index is 13.7. The zero-order valence-electron chi connectivity index (χ0n) is 12.4. The van der Waals surface area contributed by atoms with Crippen LogP contribution in [0.25, 0.3) is 0 Å². The number of aliphatic hydroxyl groups excluding tert-OH is 1. The predicted octanol–water partition coefficient (Wildman–Crippen LogP) is 1.84. The summed E-state index contributed by atoms with van der Waals surface area (Å²) in [5.74, 6) is 0.454. The van der Waals surface area contributed by atoms with Gasteiger partial charge in [0, 0.05) is 49.8 Å². The summed E-state index contributed by atoms with van der Waals surface area (Å²) in [5, 5.41) is 11.2. The SMILES string of the molecule is Cc1nsc(N2CCN(CC(O)c3ccccc3F)CC2)n1. The van der Waals surface area contributed by atoms with Crippen molar-refractivity contribution in [3.05, 3.63) is 41.5 Å². The van der Waals surface area contributed by atoms with E-state index in [1.807, 2.05) is 6.92 Å². The second kappa shape index (κ2) is 6.68. The first-order chi connectivity index (χ1) is 10.6. The highest BCUT2D eigenvalue weighted by molar-refractivity contribution is 7.09. The molecule has 0 bridgehead atoms. The van der Waals surface area contributed by atoms with Crippen LogP contribution in [0.3, 0.4) is 0 Å². The van der Waals surface area contributed by atoms with E-state index in [2.05, 4.69) is 19.2 Å². The Morgan fingerprint density at radius 3 is 2.64 bits per heavy atom. The van der Waals surface area contributed by atoms with Crippen molar-refractivity contribution < 1.29 is 9.50 Å². The molecule has 0 amide bonds. The van der Waals surface area contributed by atoms with Gasteiger partial charge in [0.2, 0.25) is 5.13 Å². The minimum atomic E-state index is -0.795. The highest BCUT2D eigenvalue weighted by Crippen LogP contribution is 2.21. The molecular formula is C15H19FN4OS. The van der Waals surface area contributed by atoms with E-state index in [0.717, 1.165) is 37.1 Å². The van der Waals surface area contributed by atoms with Gasteiger partial charge >= 0.3 is 0 Å². The van der Waals surface area contributed by atoms with Crippen LogP contribution in [0.15, 0.2) is 24.3 Å². The predicted molar refractivity (Wildman–Crippen MR) is 84.7 cm³/mol. The molecule has 0 spiro atoms. The topological polar surface area (TPSA) is 52.5 Å². The molecule has 1 fully saturated rings. The zero-order valence-corrected chi connectivity index (χ0v) is 13.3. The van der Waals surface area contributed by atoms with Crippen molar-refractivity contribution in [2.45, 2.75) is 13.0 Å². The summed E-state index contributed by atoms with van der Waals surface area (Å²) in [5.41, 5.74) is 0.365. The quantitative estimate of drug-likeness (QED) is 0.931. The molecule has 22 heavy (non-hydrogen) atoms. The molecule has 1 aliphatic heterocycles. The van der Waals surface area contributed by atoms with Gasteiger partial charge in [-0.2, -0.15) is 4.37 Å². The fraction of sp³-hybridized carbons (Fsp3) is 0.467. The Hall–Kier alpha value is -1.57. The molecule has 5 nitrogen and oxygen atoms in total. The van der Waals surface area contributed by atoms with Crippen LogP contribution in [-0.2, 0) is 0 Å². The van der Waals surface area contributed by atoms with E-state index < -0.39 is 6.10 Å². The molecular weight excluding hydrogens is 303 g/mol. The third kappa shape index (κ3) is 3.43. The number of nitrogens with zero attached hydrogens (tertiary/aromatic N) is 4. The Balaban J connectivity index is 1.55. The average molecular weight is 322 g/mol. The monoisotopic (exact) mass is 322 g/mol. The van der Waals surface area contributed by atoms with Crippen LogP contribution in [0.4, 0.5) is 9.52 Å². The normalized spacial score (nSPS) is 17.7. The number of aromatic nitrogens is 2. The van der Waals surface area contributed by atoms with Crippen molar-refractivity contribution >= 4 is 16.7 Å². The average Bonchev–Trinajstić information content (AvgIpc) is 2.95. The lowest BCUT2D eigenvalue weighted by atomic mass is 10.1. The number of aliphatic hydroxyl groups is 1. The maximum absolute atomic E-state index is 13.7. The number of β-amino-alcohol motifs (C(OH)–C–C–N with tert-alkyl or cyclic N) is 1. The minimum Gasteiger partial charge on any atom is -0.387 e. The number of hydrogen-bond donors (Lipinski definition) is 1. The Kier molecular flexibility index (Phi) is 4.66. The van der Waals surface area contributed by atoms with Gasteiger partial charge in [-0.15, -0.1) is 0 Å². The van der Waals surface area contributed by atoms with E-state index in [1.54, 1.807) is 18.2 Å². The van der Waals surface area contributed by atoms with E-state index in [9.17, 15) is 9.50 Å². The summed E-state index contributed by atoms with van der Waals surface area (Å²) in [7, 11) is 0. The summed E-state index contributed by atoms with van der Waals surface area (Å²) in [6.45, 7) is 5.68. The fourth-order valence-corrected chi connectivity index (χ4v) is 3.35. The Morgan fingerprint density at radius 2 is 2.00 bits per heavy atom. The molecule has 1 unspecified atom stereocenters. The minimum absolute atomic E-state index is 0.349. The van der Waals surface area contributed by atoms with Gasteiger partial charge in [-0.05, 0) is 13.0 Å². The van der Waals surface area contributed by atoms with Gasteiger partial charge in [0.25, 0.3) is 0 Å². The van der Waals surface area contributed by atoms with Crippen molar-refractivity contribution in [1.29, 1.82) is 0 Å². The number of aryl methyl sites for hydroxylation is 1. The van der Waals surface area contributed by atoms with Gasteiger partial charge < -0.3 is 10.0 Å². The number of piperazine rings is 1. The van der Waals surface area contributed by atoms with Gasteiger partial charge in [0.15, 0.2) is 0 Å². The van der Waals surface area contributed by atoms with Gasteiger partial charge in [-0.25, -0.2) is 9.37 Å². The first-order valence-corrected chi connectivity index (χ1v) is 8.11. The molecule has 118 valence electrons. The third-order valence-electron chi connectivity index (χ3n) is 3.86. The third-order valence-corrected chi connectivity index (χ3v) is 4.72. The van der Waals surface area contributed by atoms with Gasteiger partial charge in [-0.1, -0.05) is 18.2 Å². The van der Waals surface area contributed by atoms with E-state index in [-0.39, 0.29) is 5.82 Å². The van der Waals surface area contributed by atoms with E-state index in [1.165, 1.54) is 17.6 Å². The van der Waals surface area contributed by atoms with Crippen LogP contribution in [0.5, 0.6) is 0 Å². The molecule has 0 saturated carbocycles. The standard InChI is InChI=1S/C15H19FN4OS/c1-11-17-15(22-18-11)20-8-6-19(7-9-20)10-14(21)12-4-2-3-5-13(12)16/h2-5,14,21H,6-10H2,1H3. The summed E-state index contributed by atoms with van der Waals surface area (Å²) in [6, 6.07) is 6.40. The van der Waals surface area contributed by atoms with E-state index in [0.29, 0.717) is 12.1 Å². The number of hydrogen-bond acceptors (Lipinski definition) is 6. The van der Waals surface area contributed by atoms with Gasteiger partial charge in [-0.3, -0.25) is 4.90 Å². The van der Waals surface area contributed by atoms with Crippen molar-refractivity contribution in [3.8, 4) is 0 Å². The van der Waals surface area contributed by atoms with Crippen LogP contribution in [-0.4, -0.2) is 52.1 Å². The van der Waals surface area contributed by atoms with Gasteiger partial charge in [0.1, 0.15) is 11.6 Å². The summed E-state index contributed by atoms with van der Waals surface area (Å²) in [6.07, 6.45) is -0.795. The van der Waals surface area contributed by atoms with Crippen molar-refractivity contribution in [3.63, 3.8) is 0 Å². The molecule has 1 aliphatic rings. The van der Waals surface area contributed by atoms with Crippen molar-refractivity contribution in [2.24, 2.45) is 0 Å². The number of halogens is 1. The smallest absolute Gasteiger partial charge is 0.205 e. The molecule has 1 aromatic carbocycles. The highest BCUT2D eigenvalue weighted by atomic mass is 32.1. The van der Waals surface area contributed by atoms with Crippen LogP contribution in [0, 0.1) is 12.7 Å². The second-order valence-corrected chi connectivity index (χ2v) is 6.18. The molecule has 7 heteroatoms. The summed E-state index contributed by atoms with van der Waals surface area (Å²) < 4.78 is 17.9. The second-order valence-electron chi connectivity index (χ2n) is 5.45. The molecule has 3 rings (SSSR count). The van der Waals surface area contributed by atoms with Crippen molar-refractivity contribution in [2.75, 3.05) is 37.6 Å². The first-order valence-electron chi connectivity index (χ1n) is 7.33. The van der Waals surface area contributed by atoms with E-state index >= 15 is 0 Å². The van der Waals surface area contributed by atoms with Crippen LogP contribution >= 0.6 is 11.5 Å². The molecule has 2 aromatic rings. The van der Waals surface area contributed by atoms with Crippen LogP contribution in [0.1, 0.15) is 17.5 Å². The summed E-state index contributed by atoms with van der Waals surface area (Å²) in [4.78, 5) is 8.75. The summed E-state index contributed by atoms with van der Waals surface area (Å²) >= 11 is 1.42. The Labute approximate surface area is 133 Å². The lowest BCUT2D eigenvalue weighted by molar-refractivity contribution is 0.106. The lowest BCUT2D eigenvalue weighted by Crippen LogP contribution is -2.47. The maximum Gasteiger partial charge on any atom is 0.205 e. The largest absolute Gasteiger partial charge is 0.387 e. The highest BCUT2D eigenvalue weighted by Gasteiger charge is 2.22. The number of anilines is 1. The fourth-order valence-electron chi connectivity index (χ4n) is 2.62. The van der Waals surface area contributed by atoms with E-state index in [4.69, 9.17) is 0 Å². The van der Waals surface area contributed by atoms with Crippen molar-refractivity contribution in [1.82, 2.24) is 14.3 Å². The molecule has 2 heterocycles. The van der Waals surface area contributed by atoms with Crippen LogP contribution in [0.2, 0.25) is 0 Å². The Bertz CT molecular complexity index is 628. The molecule has 1 N–H and O–H groups in total. The van der Waals surface area contributed by atoms with Gasteiger partial charge in [0.05, 0.1) is 6.10 Å². The number of benzene rings is 1. The molecule has 1 saturated heterocycles. The first kappa shape index (κ1) is 15.3. The molecule has 0 aliphatic carbocycles.